The van der Waals surface area contributed by atoms with Crippen LogP contribution in [0.3, 0.4) is 0 Å². The Hall–Kier alpha value is -1.47. The van der Waals surface area contributed by atoms with Gasteiger partial charge < -0.3 is 4.74 Å². The molecule has 1 aliphatic heterocycles. The molecule has 0 bridgehead atoms. The zero-order valence-corrected chi connectivity index (χ0v) is 12.2. The number of carbonyl (C=O) groups excluding carboxylic acids is 1. The zero-order valence-electron chi connectivity index (χ0n) is 11.4. The van der Waals surface area contributed by atoms with Crippen molar-refractivity contribution in [2.75, 3.05) is 19.7 Å². The predicted molar refractivity (Wildman–Crippen MR) is 72.4 cm³/mol. The minimum absolute atomic E-state index is 0.157. The van der Waals surface area contributed by atoms with Gasteiger partial charge in [0.05, 0.1) is 12.5 Å². The molecular formula is C13H18N2O4S. The Morgan fingerprint density at radius 1 is 1.55 bits per heavy atom. The van der Waals surface area contributed by atoms with E-state index >= 15 is 0 Å². The van der Waals surface area contributed by atoms with Gasteiger partial charge in [0.1, 0.15) is 4.90 Å². The minimum atomic E-state index is -3.58. The smallest absolute Gasteiger partial charge is 0.310 e. The van der Waals surface area contributed by atoms with E-state index in [0.29, 0.717) is 26.0 Å². The van der Waals surface area contributed by atoms with Crippen LogP contribution >= 0.6 is 0 Å². The first-order valence-corrected chi connectivity index (χ1v) is 8.06. The molecule has 0 radical (unpaired) electrons. The molecule has 0 aliphatic carbocycles. The lowest BCUT2D eigenvalue weighted by Crippen LogP contribution is -2.42. The van der Waals surface area contributed by atoms with Gasteiger partial charge in [-0.05, 0) is 31.9 Å². The van der Waals surface area contributed by atoms with Gasteiger partial charge >= 0.3 is 5.97 Å². The monoisotopic (exact) mass is 298 g/mol. The van der Waals surface area contributed by atoms with Gasteiger partial charge in [-0.25, -0.2) is 8.42 Å². The number of esters is 1. The molecule has 0 saturated carbocycles. The van der Waals surface area contributed by atoms with Gasteiger partial charge in [-0.3, -0.25) is 9.78 Å². The van der Waals surface area contributed by atoms with E-state index in [4.69, 9.17) is 4.74 Å². The Morgan fingerprint density at radius 2 is 2.35 bits per heavy atom. The van der Waals surface area contributed by atoms with E-state index in [9.17, 15) is 13.2 Å². The van der Waals surface area contributed by atoms with Crippen LogP contribution in [0.25, 0.3) is 0 Å². The zero-order chi connectivity index (χ0) is 14.6. The molecule has 1 aliphatic rings. The molecular weight excluding hydrogens is 280 g/mol. The number of hydrogen-bond acceptors (Lipinski definition) is 5. The average molecular weight is 298 g/mol. The van der Waals surface area contributed by atoms with E-state index in [1.165, 1.54) is 22.8 Å². The van der Waals surface area contributed by atoms with Crippen molar-refractivity contribution >= 4 is 16.0 Å². The number of hydrogen-bond donors (Lipinski definition) is 0. The van der Waals surface area contributed by atoms with Crippen LogP contribution in [0.1, 0.15) is 19.8 Å². The number of ether oxygens (including phenoxy) is 1. The highest BCUT2D eigenvalue weighted by Gasteiger charge is 2.33. The molecule has 0 aromatic carbocycles. The quantitative estimate of drug-likeness (QED) is 0.776. The maximum absolute atomic E-state index is 12.4. The summed E-state index contributed by atoms with van der Waals surface area (Å²) in [5, 5.41) is 0. The number of aromatic nitrogens is 1. The molecule has 1 saturated heterocycles. The summed E-state index contributed by atoms with van der Waals surface area (Å²) in [6.07, 6.45) is 4.17. The maximum atomic E-state index is 12.4. The van der Waals surface area contributed by atoms with Crippen molar-refractivity contribution in [3.8, 4) is 0 Å². The fourth-order valence-electron chi connectivity index (χ4n) is 2.26. The van der Waals surface area contributed by atoms with Crippen LogP contribution in [0.2, 0.25) is 0 Å². The van der Waals surface area contributed by atoms with Gasteiger partial charge in [-0.15, -0.1) is 0 Å². The van der Waals surface area contributed by atoms with Crippen molar-refractivity contribution in [3.63, 3.8) is 0 Å². The second kappa shape index (κ2) is 6.32. The topological polar surface area (TPSA) is 76.6 Å². The van der Waals surface area contributed by atoms with E-state index in [2.05, 4.69) is 4.98 Å². The first-order valence-electron chi connectivity index (χ1n) is 6.62. The van der Waals surface area contributed by atoms with Crippen LogP contribution < -0.4 is 0 Å². The van der Waals surface area contributed by atoms with Crippen molar-refractivity contribution < 1.29 is 17.9 Å². The molecule has 6 nitrogen and oxygen atoms in total. The first-order chi connectivity index (χ1) is 9.55. The Kier molecular flexibility index (Phi) is 4.72. The van der Waals surface area contributed by atoms with Gasteiger partial charge in [-0.1, -0.05) is 0 Å². The van der Waals surface area contributed by atoms with Crippen molar-refractivity contribution in [1.29, 1.82) is 0 Å². The molecule has 0 N–H and O–H groups in total. The van der Waals surface area contributed by atoms with Crippen molar-refractivity contribution in [3.05, 3.63) is 24.5 Å². The third-order valence-corrected chi connectivity index (χ3v) is 5.12. The van der Waals surface area contributed by atoms with Crippen LogP contribution in [-0.2, 0) is 19.6 Å². The van der Waals surface area contributed by atoms with E-state index in [-0.39, 0.29) is 23.3 Å². The summed E-state index contributed by atoms with van der Waals surface area (Å²) in [4.78, 5) is 15.7. The molecule has 1 atom stereocenters. The van der Waals surface area contributed by atoms with Crippen LogP contribution in [0, 0.1) is 5.92 Å². The molecule has 0 unspecified atom stereocenters. The molecule has 1 fully saturated rings. The normalized spacial score (nSPS) is 20.6. The van der Waals surface area contributed by atoms with Crippen LogP contribution in [0.4, 0.5) is 0 Å². The largest absolute Gasteiger partial charge is 0.466 e. The minimum Gasteiger partial charge on any atom is -0.466 e. The average Bonchev–Trinajstić information content (AvgIpc) is 2.48. The summed E-state index contributed by atoms with van der Waals surface area (Å²) in [5.74, 6) is -0.700. The van der Waals surface area contributed by atoms with Gasteiger partial charge in [0.2, 0.25) is 10.0 Å². The molecule has 1 aromatic heterocycles. The second-order valence-electron chi connectivity index (χ2n) is 4.64. The lowest BCUT2D eigenvalue weighted by atomic mass is 10.0. The van der Waals surface area contributed by atoms with Crippen LogP contribution in [0.5, 0.6) is 0 Å². The number of nitrogens with zero attached hydrogens (tertiary/aromatic N) is 2. The van der Waals surface area contributed by atoms with Crippen molar-refractivity contribution in [2.24, 2.45) is 5.92 Å². The highest BCUT2D eigenvalue weighted by Crippen LogP contribution is 2.24. The summed E-state index contributed by atoms with van der Waals surface area (Å²) in [6.45, 7) is 2.65. The van der Waals surface area contributed by atoms with Gasteiger partial charge in [0, 0.05) is 25.5 Å². The van der Waals surface area contributed by atoms with Crippen molar-refractivity contribution in [2.45, 2.75) is 24.7 Å². The van der Waals surface area contributed by atoms with E-state index in [0.717, 1.165) is 0 Å². The molecule has 7 heteroatoms. The molecule has 0 spiro atoms. The van der Waals surface area contributed by atoms with Crippen molar-refractivity contribution in [1.82, 2.24) is 9.29 Å². The number of sulfonamides is 1. The molecule has 2 heterocycles. The van der Waals surface area contributed by atoms with Crippen LogP contribution in [0.15, 0.2) is 29.4 Å². The van der Waals surface area contributed by atoms with Gasteiger partial charge in [-0.2, -0.15) is 4.31 Å². The summed E-state index contributed by atoms with van der Waals surface area (Å²) in [7, 11) is -3.58. The first kappa shape index (κ1) is 14.9. The molecule has 1 aromatic rings. The third-order valence-electron chi connectivity index (χ3n) is 3.28. The summed E-state index contributed by atoms with van der Waals surface area (Å²) in [6, 6.07) is 3.09. The van der Waals surface area contributed by atoms with E-state index < -0.39 is 10.0 Å². The number of carbonyl (C=O) groups is 1. The van der Waals surface area contributed by atoms with E-state index in [1.807, 2.05) is 0 Å². The van der Waals surface area contributed by atoms with E-state index in [1.54, 1.807) is 13.0 Å². The highest BCUT2D eigenvalue weighted by molar-refractivity contribution is 7.89. The summed E-state index contributed by atoms with van der Waals surface area (Å²) >= 11 is 0. The summed E-state index contributed by atoms with van der Waals surface area (Å²) in [5.41, 5.74) is 0. The van der Waals surface area contributed by atoms with Gasteiger partial charge in [0.15, 0.2) is 0 Å². The Bertz CT molecular complexity index is 559. The fraction of sp³-hybridized carbons (Fsp3) is 0.538. The lowest BCUT2D eigenvalue weighted by molar-refractivity contribution is -0.149. The van der Waals surface area contributed by atoms with Gasteiger partial charge in [0.25, 0.3) is 0 Å². The number of pyridine rings is 1. The number of rotatable bonds is 4. The predicted octanol–water partition coefficient (Wildman–Crippen LogP) is 1.05. The SMILES string of the molecule is CCOC(=O)[C@H]1CCCN(S(=O)(=O)c2cccnc2)C1. The Labute approximate surface area is 118 Å². The molecule has 20 heavy (non-hydrogen) atoms. The Balaban J connectivity index is 2.15. The number of piperidine rings is 1. The standard InChI is InChI=1S/C13H18N2O4S/c1-2-19-13(16)11-5-4-8-15(10-11)20(17,18)12-6-3-7-14-9-12/h3,6-7,9,11H,2,4-5,8,10H2,1H3/t11-/m0/s1. The molecule has 0 amide bonds. The maximum Gasteiger partial charge on any atom is 0.310 e. The Morgan fingerprint density at radius 3 is 3.00 bits per heavy atom. The molecule has 2 rings (SSSR count). The summed E-state index contributed by atoms with van der Waals surface area (Å²) < 4.78 is 31.2. The lowest BCUT2D eigenvalue weighted by Gasteiger charge is -2.30. The highest BCUT2D eigenvalue weighted by atomic mass is 32.2. The fourth-order valence-corrected chi connectivity index (χ4v) is 3.75. The van der Waals surface area contributed by atoms with Crippen LogP contribution in [-0.4, -0.2) is 43.4 Å². The third kappa shape index (κ3) is 3.16. The second-order valence-corrected chi connectivity index (χ2v) is 6.58. The molecule has 110 valence electrons.